The summed E-state index contributed by atoms with van der Waals surface area (Å²) >= 11 is 6.24. The number of piperazine rings is 1. The van der Waals surface area contributed by atoms with Crippen molar-refractivity contribution in [2.24, 2.45) is 12.1 Å². The third-order valence-corrected chi connectivity index (χ3v) is 4.55. The number of hydrazone groups is 1. The Labute approximate surface area is 136 Å². The molecule has 4 nitrogen and oxygen atoms in total. The first kappa shape index (κ1) is 15.1. The predicted octanol–water partition coefficient (Wildman–Crippen LogP) is 1.41. The van der Waals surface area contributed by atoms with Crippen molar-refractivity contribution in [1.29, 1.82) is 0 Å². The van der Waals surface area contributed by atoms with Crippen LogP contribution in [0.4, 0.5) is 0 Å². The van der Waals surface area contributed by atoms with Crippen LogP contribution in [0.5, 0.6) is 0 Å². The second-order valence-corrected chi connectivity index (χ2v) is 6.17. The molecule has 1 saturated heterocycles. The van der Waals surface area contributed by atoms with Gasteiger partial charge in [-0.25, -0.2) is 0 Å². The van der Waals surface area contributed by atoms with Gasteiger partial charge in [-0.2, -0.15) is 5.10 Å². The van der Waals surface area contributed by atoms with E-state index in [9.17, 15) is 0 Å². The van der Waals surface area contributed by atoms with Crippen LogP contribution in [0.15, 0.2) is 47.7 Å². The molecule has 0 unspecified atom stereocenters. The van der Waals surface area contributed by atoms with E-state index in [4.69, 9.17) is 11.6 Å². The molecule has 1 aliphatic rings. The van der Waals surface area contributed by atoms with Crippen LogP contribution in [0.2, 0.25) is 5.02 Å². The normalized spacial score (nSPS) is 16.5. The fourth-order valence-corrected chi connectivity index (χ4v) is 2.97. The van der Waals surface area contributed by atoms with E-state index in [-0.39, 0.29) is 0 Å². The summed E-state index contributed by atoms with van der Waals surface area (Å²) in [5.74, 6) is 0. The number of rotatable bonds is 4. The zero-order valence-electron chi connectivity index (χ0n) is 12.9. The smallest absolute Gasteiger partial charge is 0.104 e. The highest BCUT2D eigenvalue weighted by molar-refractivity contribution is 6.31. The molecular formula is C17H22ClN4+. The minimum absolute atomic E-state index is 0.874. The van der Waals surface area contributed by atoms with Crippen molar-refractivity contribution in [3.05, 3.63) is 58.9 Å². The van der Waals surface area contributed by atoms with E-state index in [1.807, 2.05) is 37.7 Å². The van der Waals surface area contributed by atoms with Crippen LogP contribution in [0.1, 0.15) is 11.3 Å². The number of hydrogen-bond donors (Lipinski definition) is 1. The number of halogens is 1. The van der Waals surface area contributed by atoms with Crippen molar-refractivity contribution >= 4 is 17.8 Å². The van der Waals surface area contributed by atoms with Crippen LogP contribution in [-0.2, 0) is 13.6 Å². The Hall–Kier alpha value is -1.78. The van der Waals surface area contributed by atoms with Gasteiger partial charge in [-0.3, -0.25) is 5.01 Å². The van der Waals surface area contributed by atoms with Gasteiger partial charge in [0.1, 0.15) is 6.54 Å². The van der Waals surface area contributed by atoms with Crippen molar-refractivity contribution in [1.82, 2.24) is 9.58 Å². The van der Waals surface area contributed by atoms with Gasteiger partial charge in [0.2, 0.25) is 0 Å². The van der Waals surface area contributed by atoms with Gasteiger partial charge < -0.3 is 9.47 Å². The van der Waals surface area contributed by atoms with E-state index in [0.717, 1.165) is 43.4 Å². The number of nitrogens with one attached hydrogen (secondary N) is 1. The molecule has 0 atom stereocenters. The van der Waals surface area contributed by atoms with Crippen molar-refractivity contribution in [3.63, 3.8) is 0 Å². The Morgan fingerprint density at radius 2 is 1.95 bits per heavy atom. The molecular weight excluding hydrogens is 296 g/mol. The summed E-state index contributed by atoms with van der Waals surface area (Å²) in [6.45, 7) is 5.15. The largest absolute Gasteiger partial charge is 0.350 e. The number of quaternary nitrogens is 1. The molecule has 0 aliphatic carbocycles. The fraction of sp³-hybridized carbons (Fsp3) is 0.353. The minimum atomic E-state index is 0.874. The molecule has 0 saturated carbocycles. The highest BCUT2D eigenvalue weighted by atomic mass is 35.5. The SMILES string of the molecule is Cn1cccc1C=NN1CC[NH+](Cc2ccccc2Cl)CC1. The summed E-state index contributed by atoms with van der Waals surface area (Å²) in [6.07, 6.45) is 3.98. The molecule has 22 heavy (non-hydrogen) atoms. The third-order valence-electron chi connectivity index (χ3n) is 4.18. The lowest BCUT2D eigenvalue weighted by Gasteiger charge is -2.30. The van der Waals surface area contributed by atoms with Gasteiger partial charge in [0.05, 0.1) is 38.1 Å². The Morgan fingerprint density at radius 3 is 2.64 bits per heavy atom. The second-order valence-electron chi connectivity index (χ2n) is 5.76. The quantitative estimate of drug-likeness (QED) is 0.848. The molecule has 1 aromatic heterocycles. The summed E-state index contributed by atoms with van der Waals surface area (Å²) in [6, 6.07) is 12.2. The highest BCUT2D eigenvalue weighted by Gasteiger charge is 2.19. The molecule has 2 heterocycles. The zero-order valence-corrected chi connectivity index (χ0v) is 13.6. The molecule has 1 N–H and O–H groups in total. The molecule has 1 fully saturated rings. The first-order chi connectivity index (χ1) is 10.7. The van der Waals surface area contributed by atoms with E-state index in [1.54, 1.807) is 4.90 Å². The maximum Gasteiger partial charge on any atom is 0.104 e. The minimum Gasteiger partial charge on any atom is -0.350 e. The Morgan fingerprint density at radius 1 is 1.18 bits per heavy atom. The third kappa shape index (κ3) is 3.70. The van der Waals surface area contributed by atoms with Gasteiger partial charge in [-0.05, 0) is 18.2 Å². The number of aryl methyl sites for hydroxylation is 1. The number of benzene rings is 1. The first-order valence-corrected chi connectivity index (χ1v) is 8.07. The molecule has 5 heteroatoms. The maximum atomic E-state index is 6.24. The summed E-state index contributed by atoms with van der Waals surface area (Å²) in [4.78, 5) is 1.57. The number of aromatic nitrogens is 1. The van der Waals surface area contributed by atoms with Gasteiger partial charge in [-0.15, -0.1) is 0 Å². The van der Waals surface area contributed by atoms with Crippen molar-refractivity contribution in [2.45, 2.75) is 6.54 Å². The Balaban J connectivity index is 1.51. The topological polar surface area (TPSA) is 25.0 Å². The first-order valence-electron chi connectivity index (χ1n) is 7.69. The summed E-state index contributed by atoms with van der Waals surface area (Å²) in [7, 11) is 2.03. The average Bonchev–Trinajstić information content (AvgIpc) is 2.94. The van der Waals surface area contributed by atoms with E-state index in [2.05, 4.69) is 32.9 Å². The molecule has 3 rings (SSSR count). The van der Waals surface area contributed by atoms with Crippen LogP contribution < -0.4 is 4.90 Å². The number of hydrogen-bond acceptors (Lipinski definition) is 2. The summed E-state index contributed by atoms with van der Waals surface area (Å²) in [5, 5.41) is 7.62. The lowest BCUT2D eigenvalue weighted by Crippen LogP contribution is -3.13. The predicted molar refractivity (Wildman–Crippen MR) is 90.4 cm³/mol. The monoisotopic (exact) mass is 317 g/mol. The van der Waals surface area contributed by atoms with Crippen molar-refractivity contribution < 1.29 is 4.90 Å². The lowest BCUT2D eigenvalue weighted by atomic mass is 10.2. The molecule has 0 radical (unpaired) electrons. The van der Waals surface area contributed by atoms with Crippen molar-refractivity contribution in [3.8, 4) is 0 Å². The van der Waals surface area contributed by atoms with E-state index >= 15 is 0 Å². The fourth-order valence-electron chi connectivity index (χ4n) is 2.76. The molecule has 2 aromatic rings. The molecule has 1 aliphatic heterocycles. The Kier molecular flexibility index (Phi) is 4.80. The second kappa shape index (κ2) is 6.99. The van der Waals surface area contributed by atoms with E-state index < -0.39 is 0 Å². The molecule has 0 amide bonds. The Bertz CT molecular complexity index is 642. The highest BCUT2D eigenvalue weighted by Crippen LogP contribution is 2.13. The maximum absolute atomic E-state index is 6.24. The van der Waals surface area contributed by atoms with E-state index in [1.165, 1.54) is 5.56 Å². The van der Waals surface area contributed by atoms with Gasteiger partial charge in [0.15, 0.2) is 0 Å². The average molecular weight is 318 g/mol. The van der Waals surface area contributed by atoms with Gasteiger partial charge in [0, 0.05) is 23.8 Å². The lowest BCUT2D eigenvalue weighted by molar-refractivity contribution is -0.918. The van der Waals surface area contributed by atoms with Crippen LogP contribution in [0, 0.1) is 0 Å². The standard InChI is InChI=1S/C17H21ClN4/c1-20-8-4-6-16(20)13-19-22-11-9-21(10-12-22)14-15-5-2-3-7-17(15)18/h2-8,13H,9-12,14H2,1H3/p+1. The molecule has 116 valence electrons. The van der Waals surface area contributed by atoms with Gasteiger partial charge in [0.25, 0.3) is 0 Å². The van der Waals surface area contributed by atoms with Gasteiger partial charge in [-0.1, -0.05) is 29.8 Å². The molecule has 0 bridgehead atoms. The van der Waals surface area contributed by atoms with Crippen molar-refractivity contribution in [2.75, 3.05) is 26.2 Å². The van der Waals surface area contributed by atoms with Crippen LogP contribution >= 0.6 is 11.6 Å². The van der Waals surface area contributed by atoms with Crippen LogP contribution in [-0.4, -0.2) is 42.0 Å². The number of nitrogens with zero attached hydrogens (tertiary/aromatic N) is 3. The van der Waals surface area contributed by atoms with Crippen LogP contribution in [0.25, 0.3) is 0 Å². The molecule has 0 spiro atoms. The molecule has 1 aromatic carbocycles. The summed E-state index contributed by atoms with van der Waals surface area (Å²) < 4.78 is 2.07. The summed E-state index contributed by atoms with van der Waals surface area (Å²) in [5.41, 5.74) is 2.37. The van der Waals surface area contributed by atoms with Gasteiger partial charge >= 0.3 is 0 Å². The van der Waals surface area contributed by atoms with E-state index in [0.29, 0.717) is 0 Å². The van der Waals surface area contributed by atoms with Crippen LogP contribution in [0.3, 0.4) is 0 Å². The zero-order chi connectivity index (χ0) is 15.4.